The SMILES string of the molecule is CC(NCCN(C)C(=O)OC(C)(C)C)c1ccco1. The Morgan fingerprint density at radius 3 is 2.74 bits per heavy atom. The summed E-state index contributed by atoms with van der Waals surface area (Å²) in [6.45, 7) is 8.85. The summed E-state index contributed by atoms with van der Waals surface area (Å²) < 4.78 is 10.6. The van der Waals surface area contributed by atoms with Gasteiger partial charge < -0.3 is 19.4 Å². The zero-order chi connectivity index (χ0) is 14.5. The minimum absolute atomic E-state index is 0.127. The van der Waals surface area contributed by atoms with Gasteiger partial charge in [0.25, 0.3) is 0 Å². The summed E-state index contributed by atoms with van der Waals surface area (Å²) >= 11 is 0. The molecule has 0 radical (unpaired) electrons. The lowest BCUT2D eigenvalue weighted by Gasteiger charge is -2.25. The Hall–Kier alpha value is -1.49. The lowest BCUT2D eigenvalue weighted by molar-refractivity contribution is 0.0299. The number of amides is 1. The highest BCUT2D eigenvalue weighted by Crippen LogP contribution is 2.12. The summed E-state index contributed by atoms with van der Waals surface area (Å²) in [6, 6.07) is 3.91. The van der Waals surface area contributed by atoms with Crippen LogP contribution in [-0.4, -0.2) is 36.7 Å². The molecule has 108 valence electrons. The highest BCUT2D eigenvalue weighted by atomic mass is 16.6. The molecule has 0 saturated carbocycles. The van der Waals surface area contributed by atoms with Gasteiger partial charge in [-0.1, -0.05) is 0 Å². The third kappa shape index (κ3) is 5.79. The van der Waals surface area contributed by atoms with Crippen molar-refractivity contribution in [1.29, 1.82) is 0 Å². The number of ether oxygens (including phenoxy) is 1. The Balaban J connectivity index is 2.27. The normalized spacial score (nSPS) is 13.1. The number of hydrogen-bond donors (Lipinski definition) is 1. The largest absolute Gasteiger partial charge is 0.468 e. The van der Waals surface area contributed by atoms with Crippen molar-refractivity contribution in [3.05, 3.63) is 24.2 Å². The first-order valence-electron chi connectivity index (χ1n) is 6.50. The number of nitrogens with zero attached hydrogens (tertiary/aromatic N) is 1. The van der Waals surface area contributed by atoms with Crippen molar-refractivity contribution in [3.63, 3.8) is 0 Å². The molecule has 19 heavy (non-hydrogen) atoms. The summed E-state index contributed by atoms with van der Waals surface area (Å²) in [5.41, 5.74) is -0.458. The molecule has 0 saturated heterocycles. The maximum absolute atomic E-state index is 11.7. The van der Waals surface area contributed by atoms with Crippen LogP contribution in [-0.2, 0) is 4.74 Å². The van der Waals surface area contributed by atoms with Crippen LogP contribution in [0.3, 0.4) is 0 Å². The van der Waals surface area contributed by atoms with Crippen molar-refractivity contribution in [2.45, 2.75) is 39.3 Å². The Morgan fingerprint density at radius 1 is 1.53 bits per heavy atom. The number of nitrogens with one attached hydrogen (secondary N) is 1. The van der Waals surface area contributed by atoms with Crippen molar-refractivity contribution < 1.29 is 13.9 Å². The molecular formula is C14H24N2O3. The number of carbonyl (C=O) groups excluding carboxylic acids is 1. The minimum atomic E-state index is -0.458. The molecular weight excluding hydrogens is 244 g/mol. The third-order valence-electron chi connectivity index (χ3n) is 2.57. The van der Waals surface area contributed by atoms with E-state index in [2.05, 4.69) is 5.32 Å². The van der Waals surface area contributed by atoms with E-state index >= 15 is 0 Å². The van der Waals surface area contributed by atoms with Gasteiger partial charge in [0.15, 0.2) is 0 Å². The lowest BCUT2D eigenvalue weighted by atomic mass is 10.2. The van der Waals surface area contributed by atoms with E-state index < -0.39 is 5.60 Å². The molecule has 0 aliphatic rings. The van der Waals surface area contributed by atoms with Crippen LogP contribution in [0.2, 0.25) is 0 Å². The second-order valence-corrected chi connectivity index (χ2v) is 5.59. The molecule has 0 fully saturated rings. The van der Waals surface area contributed by atoms with Gasteiger partial charge in [0.2, 0.25) is 0 Å². The van der Waals surface area contributed by atoms with Gasteiger partial charge in [-0.3, -0.25) is 0 Å². The van der Waals surface area contributed by atoms with Gasteiger partial charge in [-0.2, -0.15) is 0 Å². The monoisotopic (exact) mass is 268 g/mol. The highest BCUT2D eigenvalue weighted by Gasteiger charge is 2.19. The van der Waals surface area contributed by atoms with Gasteiger partial charge in [-0.25, -0.2) is 4.79 Å². The smallest absolute Gasteiger partial charge is 0.410 e. The number of likely N-dealkylation sites (N-methyl/N-ethyl adjacent to an activating group) is 1. The van der Waals surface area contributed by atoms with Crippen molar-refractivity contribution in [1.82, 2.24) is 10.2 Å². The van der Waals surface area contributed by atoms with E-state index in [9.17, 15) is 4.79 Å². The third-order valence-corrected chi connectivity index (χ3v) is 2.57. The summed E-state index contributed by atoms with van der Waals surface area (Å²) in [4.78, 5) is 13.3. The van der Waals surface area contributed by atoms with Crippen LogP contribution in [0.25, 0.3) is 0 Å². The molecule has 1 heterocycles. The van der Waals surface area contributed by atoms with Gasteiger partial charge in [0.1, 0.15) is 11.4 Å². The predicted octanol–water partition coefficient (Wildman–Crippen LogP) is 2.80. The molecule has 1 N–H and O–H groups in total. The molecule has 1 unspecified atom stereocenters. The van der Waals surface area contributed by atoms with Gasteiger partial charge in [0.05, 0.1) is 12.3 Å². The summed E-state index contributed by atoms with van der Waals surface area (Å²) in [5.74, 6) is 0.889. The molecule has 5 nitrogen and oxygen atoms in total. The van der Waals surface area contributed by atoms with Crippen LogP contribution in [0.4, 0.5) is 4.79 Å². The Morgan fingerprint density at radius 2 is 2.21 bits per heavy atom. The van der Waals surface area contributed by atoms with Crippen molar-refractivity contribution in [3.8, 4) is 0 Å². The first kappa shape index (κ1) is 15.6. The number of rotatable bonds is 5. The topological polar surface area (TPSA) is 54.7 Å². The molecule has 1 rings (SSSR count). The molecule has 0 aliphatic carbocycles. The van der Waals surface area contributed by atoms with Crippen molar-refractivity contribution >= 4 is 6.09 Å². The quantitative estimate of drug-likeness (QED) is 0.892. The second-order valence-electron chi connectivity index (χ2n) is 5.59. The maximum atomic E-state index is 11.7. The fourth-order valence-corrected chi connectivity index (χ4v) is 1.52. The van der Waals surface area contributed by atoms with Gasteiger partial charge in [0, 0.05) is 20.1 Å². The van der Waals surface area contributed by atoms with Crippen molar-refractivity contribution in [2.75, 3.05) is 20.1 Å². The van der Waals surface area contributed by atoms with Gasteiger partial charge >= 0.3 is 6.09 Å². The average molecular weight is 268 g/mol. The average Bonchev–Trinajstić information content (AvgIpc) is 2.79. The highest BCUT2D eigenvalue weighted by molar-refractivity contribution is 5.67. The zero-order valence-electron chi connectivity index (χ0n) is 12.4. The van der Waals surface area contributed by atoms with Crippen LogP contribution >= 0.6 is 0 Å². The molecule has 0 aliphatic heterocycles. The predicted molar refractivity (Wildman–Crippen MR) is 74.0 cm³/mol. The molecule has 1 atom stereocenters. The van der Waals surface area contributed by atoms with E-state index in [0.29, 0.717) is 13.1 Å². The van der Waals surface area contributed by atoms with Crippen LogP contribution in [0.5, 0.6) is 0 Å². The van der Waals surface area contributed by atoms with E-state index in [4.69, 9.17) is 9.15 Å². The molecule has 1 amide bonds. The molecule has 0 aromatic carbocycles. The second kappa shape index (κ2) is 6.61. The lowest BCUT2D eigenvalue weighted by Crippen LogP contribution is -2.38. The van der Waals surface area contributed by atoms with E-state index in [1.807, 2.05) is 39.8 Å². The first-order chi connectivity index (χ1) is 8.79. The van der Waals surface area contributed by atoms with Crippen LogP contribution < -0.4 is 5.32 Å². The summed E-state index contributed by atoms with van der Waals surface area (Å²) in [5, 5.41) is 3.29. The standard InChI is InChI=1S/C14H24N2O3/c1-11(12-7-6-10-18-12)15-8-9-16(5)13(17)19-14(2,3)4/h6-7,10-11,15H,8-9H2,1-5H3. The van der Waals surface area contributed by atoms with Crippen LogP contribution in [0, 0.1) is 0 Å². The minimum Gasteiger partial charge on any atom is -0.468 e. The van der Waals surface area contributed by atoms with E-state index in [1.54, 1.807) is 18.2 Å². The Bertz CT molecular complexity index is 382. The Labute approximate surface area is 114 Å². The first-order valence-corrected chi connectivity index (χ1v) is 6.50. The number of furan rings is 1. The van der Waals surface area contributed by atoms with E-state index in [-0.39, 0.29) is 12.1 Å². The maximum Gasteiger partial charge on any atom is 0.410 e. The van der Waals surface area contributed by atoms with E-state index in [1.165, 1.54) is 0 Å². The Kier molecular flexibility index (Phi) is 5.42. The fourth-order valence-electron chi connectivity index (χ4n) is 1.52. The van der Waals surface area contributed by atoms with Crippen LogP contribution in [0.15, 0.2) is 22.8 Å². The number of hydrogen-bond acceptors (Lipinski definition) is 4. The summed E-state index contributed by atoms with van der Waals surface area (Å²) in [7, 11) is 1.73. The van der Waals surface area contributed by atoms with Gasteiger partial charge in [-0.05, 0) is 39.8 Å². The molecule has 1 aromatic heterocycles. The fraction of sp³-hybridized carbons (Fsp3) is 0.643. The van der Waals surface area contributed by atoms with E-state index in [0.717, 1.165) is 5.76 Å². The molecule has 0 spiro atoms. The van der Waals surface area contributed by atoms with Gasteiger partial charge in [-0.15, -0.1) is 0 Å². The molecule has 0 bridgehead atoms. The molecule has 5 heteroatoms. The zero-order valence-corrected chi connectivity index (χ0v) is 12.4. The molecule has 1 aromatic rings. The van der Waals surface area contributed by atoms with Crippen LogP contribution in [0.1, 0.15) is 39.5 Å². The number of carbonyl (C=O) groups is 1. The van der Waals surface area contributed by atoms with Crippen molar-refractivity contribution in [2.24, 2.45) is 0 Å². The summed E-state index contributed by atoms with van der Waals surface area (Å²) in [6.07, 6.45) is 1.35.